The van der Waals surface area contributed by atoms with E-state index in [9.17, 15) is 9.59 Å². The number of amides is 2. The van der Waals surface area contributed by atoms with Crippen molar-refractivity contribution in [2.45, 2.75) is 51.2 Å². The third kappa shape index (κ3) is 3.86. The van der Waals surface area contributed by atoms with Crippen LogP contribution in [0.1, 0.15) is 39.0 Å². The van der Waals surface area contributed by atoms with Gasteiger partial charge in [0.05, 0.1) is 12.1 Å². The minimum atomic E-state index is 0.000731. The molecule has 6 nitrogen and oxygen atoms in total. The molecule has 2 saturated heterocycles. The summed E-state index contributed by atoms with van der Waals surface area (Å²) in [5, 5.41) is 3.00. The van der Waals surface area contributed by atoms with Gasteiger partial charge < -0.3 is 15.0 Å². The first-order valence-corrected chi connectivity index (χ1v) is 9.11. The van der Waals surface area contributed by atoms with Gasteiger partial charge in [0.2, 0.25) is 11.8 Å². The molecule has 3 aliphatic rings. The lowest BCUT2D eigenvalue weighted by Crippen LogP contribution is -2.57. The number of nitrogens with one attached hydrogen (secondary N) is 1. The smallest absolute Gasteiger partial charge is 0.237 e. The van der Waals surface area contributed by atoms with Gasteiger partial charge in [0.15, 0.2) is 0 Å². The molecule has 1 N–H and O–H groups in total. The number of hydrogen-bond donors (Lipinski definition) is 1. The van der Waals surface area contributed by atoms with Crippen LogP contribution < -0.4 is 5.32 Å². The predicted octanol–water partition coefficient (Wildman–Crippen LogP) is 0.614. The molecule has 0 aromatic carbocycles. The van der Waals surface area contributed by atoms with Gasteiger partial charge >= 0.3 is 0 Å². The second-order valence-corrected chi connectivity index (χ2v) is 6.91. The molecule has 23 heavy (non-hydrogen) atoms. The van der Waals surface area contributed by atoms with Crippen LogP contribution in [0.25, 0.3) is 0 Å². The number of piperazine rings is 1. The molecule has 130 valence electrons. The van der Waals surface area contributed by atoms with Gasteiger partial charge in [0.1, 0.15) is 0 Å². The number of ether oxygens (including phenoxy) is 1. The highest BCUT2D eigenvalue weighted by molar-refractivity contribution is 5.82. The fourth-order valence-corrected chi connectivity index (χ4v) is 3.92. The summed E-state index contributed by atoms with van der Waals surface area (Å²) in [4.78, 5) is 28.9. The fourth-order valence-electron chi connectivity index (χ4n) is 3.92. The molecule has 1 aliphatic carbocycles. The highest BCUT2D eigenvalue weighted by Gasteiger charge is 2.39. The monoisotopic (exact) mass is 323 g/mol. The van der Waals surface area contributed by atoms with Crippen LogP contribution in [0, 0.1) is 5.92 Å². The normalized spacial score (nSPS) is 32.8. The van der Waals surface area contributed by atoms with Gasteiger partial charge in [-0.2, -0.15) is 0 Å². The van der Waals surface area contributed by atoms with Gasteiger partial charge in [-0.1, -0.05) is 0 Å². The third-order valence-corrected chi connectivity index (χ3v) is 5.42. The summed E-state index contributed by atoms with van der Waals surface area (Å²) in [5.74, 6) is 0.603. The second-order valence-electron chi connectivity index (χ2n) is 6.91. The summed E-state index contributed by atoms with van der Waals surface area (Å²) in [5.41, 5.74) is 0. The Kier molecular flexibility index (Phi) is 5.54. The van der Waals surface area contributed by atoms with Crippen LogP contribution in [0.5, 0.6) is 0 Å². The van der Waals surface area contributed by atoms with E-state index >= 15 is 0 Å². The Labute approximate surface area is 138 Å². The van der Waals surface area contributed by atoms with Crippen LogP contribution in [0.15, 0.2) is 0 Å². The maximum Gasteiger partial charge on any atom is 0.237 e. The summed E-state index contributed by atoms with van der Waals surface area (Å²) in [6, 6.07) is 0.000731. The van der Waals surface area contributed by atoms with Gasteiger partial charge in [-0.05, 0) is 39.0 Å². The van der Waals surface area contributed by atoms with E-state index in [0.717, 1.165) is 71.4 Å². The highest BCUT2D eigenvalue weighted by atomic mass is 16.5. The first-order valence-electron chi connectivity index (χ1n) is 9.11. The quantitative estimate of drug-likeness (QED) is 0.824. The van der Waals surface area contributed by atoms with Crippen molar-refractivity contribution in [2.75, 3.05) is 39.3 Å². The average Bonchev–Trinajstić information content (AvgIpc) is 2.74. The van der Waals surface area contributed by atoms with Crippen molar-refractivity contribution in [3.05, 3.63) is 0 Å². The minimum Gasteiger partial charge on any atom is -0.378 e. The molecule has 2 amide bonds. The molecule has 3 rings (SSSR count). The summed E-state index contributed by atoms with van der Waals surface area (Å²) >= 11 is 0. The van der Waals surface area contributed by atoms with Crippen molar-refractivity contribution in [1.82, 2.24) is 15.1 Å². The molecule has 0 bridgehead atoms. The molecule has 0 aromatic rings. The Bertz CT molecular complexity index is 429. The molecule has 0 aromatic heterocycles. The molecule has 1 unspecified atom stereocenters. The number of rotatable bonds is 4. The van der Waals surface area contributed by atoms with E-state index in [-0.39, 0.29) is 29.9 Å². The molecule has 1 atom stereocenters. The van der Waals surface area contributed by atoms with E-state index in [1.165, 1.54) is 0 Å². The summed E-state index contributed by atoms with van der Waals surface area (Å²) < 4.78 is 5.54. The second kappa shape index (κ2) is 7.62. The summed E-state index contributed by atoms with van der Waals surface area (Å²) in [6.07, 6.45) is 5.14. The summed E-state index contributed by atoms with van der Waals surface area (Å²) in [7, 11) is 0. The van der Waals surface area contributed by atoms with Gasteiger partial charge in [-0.15, -0.1) is 0 Å². The van der Waals surface area contributed by atoms with E-state index in [1.54, 1.807) is 0 Å². The van der Waals surface area contributed by atoms with Crippen LogP contribution in [0.3, 0.4) is 0 Å². The lowest BCUT2D eigenvalue weighted by atomic mass is 9.81. The molecular weight excluding hydrogens is 294 g/mol. The largest absolute Gasteiger partial charge is 0.378 e. The van der Waals surface area contributed by atoms with Crippen LogP contribution in [-0.4, -0.2) is 73.1 Å². The molecule has 0 radical (unpaired) electrons. The molecule has 0 spiro atoms. The van der Waals surface area contributed by atoms with Crippen molar-refractivity contribution in [2.24, 2.45) is 5.92 Å². The fraction of sp³-hybridized carbons (Fsp3) is 0.882. The number of nitrogens with zero attached hydrogens (tertiary/aromatic N) is 2. The number of hydrogen-bond acceptors (Lipinski definition) is 4. The van der Waals surface area contributed by atoms with E-state index < -0.39 is 0 Å². The average molecular weight is 323 g/mol. The predicted molar refractivity (Wildman–Crippen MR) is 86.9 cm³/mol. The van der Waals surface area contributed by atoms with Crippen molar-refractivity contribution in [3.63, 3.8) is 0 Å². The first kappa shape index (κ1) is 16.7. The van der Waals surface area contributed by atoms with Crippen molar-refractivity contribution in [3.8, 4) is 0 Å². The lowest BCUT2D eigenvalue weighted by molar-refractivity contribution is -0.146. The molecule has 6 heteroatoms. The van der Waals surface area contributed by atoms with Crippen molar-refractivity contribution >= 4 is 11.8 Å². The zero-order chi connectivity index (χ0) is 16.2. The maximum absolute atomic E-state index is 12.5. The lowest BCUT2D eigenvalue weighted by Gasteiger charge is -2.42. The van der Waals surface area contributed by atoms with Crippen LogP contribution in [0.4, 0.5) is 0 Å². The molecular formula is C17H29N3O3. The van der Waals surface area contributed by atoms with E-state index in [2.05, 4.69) is 10.2 Å². The van der Waals surface area contributed by atoms with Crippen LogP contribution >= 0.6 is 0 Å². The Morgan fingerprint density at radius 1 is 1.22 bits per heavy atom. The number of carbonyl (C=O) groups is 2. The Hall–Kier alpha value is -1.14. The molecule has 2 aliphatic heterocycles. The first-order chi connectivity index (χ1) is 11.2. The summed E-state index contributed by atoms with van der Waals surface area (Å²) in [6.45, 7) is 6.65. The minimum absolute atomic E-state index is 0.000731. The van der Waals surface area contributed by atoms with E-state index in [1.807, 2.05) is 11.8 Å². The van der Waals surface area contributed by atoms with Gasteiger partial charge in [-0.25, -0.2) is 0 Å². The maximum atomic E-state index is 12.5. The zero-order valence-corrected chi connectivity index (χ0v) is 14.1. The van der Waals surface area contributed by atoms with Crippen molar-refractivity contribution < 1.29 is 14.3 Å². The van der Waals surface area contributed by atoms with Gasteiger partial charge in [0, 0.05) is 45.2 Å². The Morgan fingerprint density at radius 3 is 2.65 bits per heavy atom. The standard InChI is InChI=1S/C17H29N3O3/c1-2-23-14-11-13(12-14)17(22)20-9-7-19(8-10-20)15-5-3-4-6-18-16(15)21/h13-15H,2-12H2,1H3,(H,18,21). The SMILES string of the molecule is CCOC1CC(C(=O)N2CCN(C3CCCCNC3=O)CC2)C1. The molecule has 1 saturated carbocycles. The van der Waals surface area contributed by atoms with Crippen LogP contribution in [-0.2, 0) is 14.3 Å². The molecule has 3 fully saturated rings. The van der Waals surface area contributed by atoms with Crippen LogP contribution in [0.2, 0.25) is 0 Å². The number of carbonyl (C=O) groups excluding carboxylic acids is 2. The Morgan fingerprint density at radius 2 is 1.96 bits per heavy atom. The van der Waals surface area contributed by atoms with E-state index in [0.29, 0.717) is 0 Å². The van der Waals surface area contributed by atoms with E-state index in [4.69, 9.17) is 4.74 Å². The topological polar surface area (TPSA) is 61.9 Å². The third-order valence-electron chi connectivity index (χ3n) is 5.42. The van der Waals surface area contributed by atoms with Crippen molar-refractivity contribution in [1.29, 1.82) is 0 Å². The molecule has 2 heterocycles. The Balaban J connectivity index is 1.45. The van der Waals surface area contributed by atoms with Gasteiger partial charge in [0.25, 0.3) is 0 Å². The highest BCUT2D eigenvalue weighted by Crippen LogP contribution is 2.32. The van der Waals surface area contributed by atoms with Gasteiger partial charge in [-0.3, -0.25) is 14.5 Å². The zero-order valence-electron chi connectivity index (χ0n) is 14.1.